The Hall–Kier alpha value is -1.72. The van der Waals surface area contributed by atoms with E-state index < -0.39 is 0 Å². The lowest BCUT2D eigenvalue weighted by Crippen LogP contribution is -2.35. The van der Waals surface area contributed by atoms with Gasteiger partial charge in [-0.3, -0.25) is 4.90 Å². The first-order chi connectivity index (χ1) is 10.3. The summed E-state index contributed by atoms with van der Waals surface area (Å²) in [7, 11) is 0. The van der Waals surface area contributed by atoms with Gasteiger partial charge in [-0.15, -0.1) is 0 Å². The molecule has 1 aliphatic rings. The number of aromatic nitrogens is 2. The van der Waals surface area contributed by atoms with Gasteiger partial charge in [-0.1, -0.05) is 28.9 Å². The number of rotatable bonds is 4. The number of halogens is 1. The van der Waals surface area contributed by atoms with Crippen LogP contribution in [0.3, 0.4) is 0 Å². The van der Waals surface area contributed by atoms with Gasteiger partial charge in [-0.25, -0.2) is 0 Å². The number of hydrogen-bond acceptors (Lipinski definition) is 5. The molecule has 21 heavy (non-hydrogen) atoms. The van der Waals surface area contributed by atoms with E-state index >= 15 is 0 Å². The Morgan fingerprint density at radius 2 is 2.29 bits per heavy atom. The van der Waals surface area contributed by atoms with Crippen molar-refractivity contribution in [2.45, 2.75) is 19.4 Å². The highest BCUT2D eigenvalue weighted by atomic mass is 35.5. The lowest BCUT2D eigenvalue weighted by molar-refractivity contribution is -0.112. The van der Waals surface area contributed by atoms with E-state index in [2.05, 4.69) is 15.0 Å². The molecule has 1 fully saturated rings. The number of likely N-dealkylation sites (tertiary alicyclic amines) is 1. The number of aldehydes is 1. The SMILES string of the molecule is O=CC1CCCN(Cc2nc(-c3ccccc3Cl)no2)C1. The van der Waals surface area contributed by atoms with Gasteiger partial charge in [0.15, 0.2) is 0 Å². The summed E-state index contributed by atoms with van der Waals surface area (Å²) in [5, 5.41) is 4.59. The molecule has 0 saturated carbocycles. The first-order valence-corrected chi connectivity index (χ1v) is 7.39. The Morgan fingerprint density at radius 3 is 3.10 bits per heavy atom. The van der Waals surface area contributed by atoms with E-state index in [1.807, 2.05) is 18.2 Å². The number of hydrogen-bond donors (Lipinski definition) is 0. The van der Waals surface area contributed by atoms with Crippen LogP contribution in [0.5, 0.6) is 0 Å². The molecule has 2 aromatic rings. The predicted octanol–water partition coefficient (Wildman–Crippen LogP) is 2.80. The van der Waals surface area contributed by atoms with Gasteiger partial charge in [-0.05, 0) is 31.5 Å². The van der Waals surface area contributed by atoms with Gasteiger partial charge in [0.05, 0.1) is 11.6 Å². The number of carbonyl (C=O) groups excluding carboxylic acids is 1. The lowest BCUT2D eigenvalue weighted by atomic mass is 10.00. The topological polar surface area (TPSA) is 59.2 Å². The van der Waals surface area contributed by atoms with Crippen LogP contribution in [0.15, 0.2) is 28.8 Å². The van der Waals surface area contributed by atoms with Crippen molar-refractivity contribution in [2.75, 3.05) is 13.1 Å². The third-order valence-electron chi connectivity index (χ3n) is 3.68. The molecule has 0 amide bonds. The molecule has 0 N–H and O–H groups in total. The molecule has 0 spiro atoms. The Labute approximate surface area is 127 Å². The van der Waals surface area contributed by atoms with E-state index in [-0.39, 0.29) is 5.92 Å². The van der Waals surface area contributed by atoms with Crippen LogP contribution in [0.2, 0.25) is 5.02 Å². The van der Waals surface area contributed by atoms with Crippen LogP contribution in [-0.2, 0) is 11.3 Å². The second-order valence-electron chi connectivity index (χ2n) is 5.27. The van der Waals surface area contributed by atoms with Crippen molar-refractivity contribution in [2.24, 2.45) is 5.92 Å². The highest BCUT2D eigenvalue weighted by Crippen LogP contribution is 2.25. The zero-order valence-electron chi connectivity index (χ0n) is 11.5. The smallest absolute Gasteiger partial charge is 0.241 e. The maximum atomic E-state index is 10.9. The van der Waals surface area contributed by atoms with Crippen LogP contribution in [0, 0.1) is 5.92 Å². The van der Waals surface area contributed by atoms with Gasteiger partial charge in [0.2, 0.25) is 11.7 Å². The number of carbonyl (C=O) groups is 1. The van der Waals surface area contributed by atoms with E-state index in [1.165, 1.54) is 0 Å². The minimum Gasteiger partial charge on any atom is -0.338 e. The van der Waals surface area contributed by atoms with Gasteiger partial charge in [0, 0.05) is 18.0 Å². The molecular formula is C15H16ClN3O2. The molecule has 3 rings (SSSR count). The first-order valence-electron chi connectivity index (χ1n) is 7.01. The Morgan fingerprint density at radius 1 is 1.43 bits per heavy atom. The zero-order chi connectivity index (χ0) is 14.7. The molecule has 6 heteroatoms. The van der Waals surface area contributed by atoms with E-state index in [0.29, 0.717) is 23.3 Å². The summed E-state index contributed by atoms with van der Waals surface area (Å²) in [6.45, 7) is 2.28. The van der Waals surface area contributed by atoms with Gasteiger partial charge in [0.25, 0.3) is 0 Å². The summed E-state index contributed by atoms with van der Waals surface area (Å²) in [6.07, 6.45) is 3.03. The second kappa shape index (κ2) is 6.37. The number of benzene rings is 1. The molecule has 5 nitrogen and oxygen atoms in total. The van der Waals surface area contributed by atoms with E-state index in [1.54, 1.807) is 6.07 Å². The normalized spacial score (nSPS) is 19.6. The van der Waals surface area contributed by atoms with Gasteiger partial charge < -0.3 is 9.32 Å². The molecule has 1 saturated heterocycles. The minimum atomic E-state index is 0.115. The monoisotopic (exact) mass is 305 g/mol. The maximum Gasteiger partial charge on any atom is 0.241 e. The highest BCUT2D eigenvalue weighted by molar-refractivity contribution is 6.33. The molecule has 0 aliphatic carbocycles. The van der Waals surface area contributed by atoms with Gasteiger partial charge >= 0.3 is 0 Å². The van der Waals surface area contributed by atoms with Crippen molar-refractivity contribution in [3.63, 3.8) is 0 Å². The standard InChI is InChI=1S/C15H16ClN3O2/c16-13-6-2-1-5-12(13)15-17-14(21-18-15)9-19-7-3-4-11(8-19)10-20/h1-2,5-6,10-11H,3-4,7-9H2. The van der Waals surface area contributed by atoms with Crippen molar-refractivity contribution in [1.29, 1.82) is 0 Å². The molecule has 1 atom stereocenters. The number of piperidine rings is 1. The average Bonchev–Trinajstić information content (AvgIpc) is 2.96. The molecule has 2 heterocycles. The Balaban J connectivity index is 1.71. The largest absolute Gasteiger partial charge is 0.338 e. The fourth-order valence-corrected chi connectivity index (χ4v) is 2.83. The van der Waals surface area contributed by atoms with Crippen molar-refractivity contribution in [3.8, 4) is 11.4 Å². The van der Waals surface area contributed by atoms with Crippen LogP contribution < -0.4 is 0 Å². The second-order valence-corrected chi connectivity index (χ2v) is 5.67. The predicted molar refractivity (Wildman–Crippen MR) is 78.8 cm³/mol. The summed E-state index contributed by atoms with van der Waals surface area (Å²) in [6, 6.07) is 7.41. The number of nitrogens with zero attached hydrogens (tertiary/aromatic N) is 3. The zero-order valence-corrected chi connectivity index (χ0v) is 12.3. The van der Waals surface area contributed by atoms with Crippen LogP contribution in [0.4, 0.5) is 0 Å². The lowest BCUT2D eigenvalue weighted by Gasteiger charge is -2.28. The summed E-state index contributed by atoms with van der Waals surface area (Å²) in [5.74, 6) is 1.17. The highest BCUT2D eigenvalue weighted by Gasteiger charge is 2.21. The van der Waals surface area contributed by atoms with E-state index in [0.717, 1.165) is 37.8 Å². The fourth-order valence-electron chi connectivity index (χ4n) is 2.61. The molecule has 0 radical (unpaired) electrons. The minimum absolute atomic E-state index is 0.115. The molecule has 0 bridgehead atoms. The van der Waals surface area contributed by atoms with Crippen LogP contribution in [0.1, 0.15) is 18.7 Å². The molecule has 1 unspecified atom stereocenters. The fraction of sp³-hybridized carbons (Fsp3) is 0.400. The summed E-state index contributed by atoms with van der Waals surface area (Å²) in [5.41, 5.74) is 0.763. The van der Waals surface area contributed by atoms with Gasteiger partial charge in [-0.2, -0.15) is 4.98 Å². The van der Waals surface area contributed by atoms with Crippen molar-refractivity contribution >= 4 is 17.9 Å². The molecular weight excluding hydrogens is 290 g/mol. The third-order valence-corrected chi connectivity index (χ3v) is 4.01. The quantitative estimate of drug-likeness (QED) is 0.813. The molecule has 1 aliphatic heterocycles. The average molecular weight is 306 g/mol. The summed E-state index contributed by atoms with van der Waals surface area (Å²) >= 11 is 6.13. The summed E-state index contributed by atoms with van der Waals surface area (Å²) < 4.78 is 5.30. The van der Waals surface area contributed by atoms with E-state index in [4.69, 9.17) is 16.1 Å². The molecule has 1 aromatic heterocycles. The van der Waals surface area contributed by atoms with Crippen molar-refractivity contribution in [3.05, 3.63) is 35.2 Å². The molecule has 110 valence electrons. The summed E-state index contributed by atoms with van der Waals surface area (Å²) in [4.78, 5) is 17.5. The molecule has 1 aromatic carbocycles. The Kier molecular flexibility index (Phi) is 4.31. The van der Waals surface area contributed by atoms with Crippen molar-refractivity contribution < 1.29 is 9.32 Å². The first kappa shape index (κ1) is 14.2. The Bertz CT molecular complexity index is 629. The third kappa shape index (κ3) is 3.31. The van der Waals surface area contributed by atoms with Crippen LogP contribution >= 0.6 is 11.6 Å². The maximum absolute atomic E-state index is 10.9. The van der Waals surface area contributed by atoms with Gasteiger partial charge in [0.1, 0.15) is 6.29 Å². The van der Waals surface area contributed by atoms with Crippen molar-refractivity contribution in [1.82, 2.24) is 15.0 Å². The van der Waals surface area contributed by atoms with E-state index in [9.17, 15) is 4.79 Å². The van der Waals surface area contributed by atoms with Crippen LogP contribution in [-0.4, -0.2) is 34.4 Å². The van der Waals surface area contributed by atoms with Crippen LogP contribution in [0.25, 0.3) is 11.4 Å².